The van der Waals surface area contributed by atoms with Gasteiger partial charge in [-0.15, -0.1) is 11.3 Å². The van der Waals surface area contributed by atoms with E-state index in [-0.39, 0.29) is 12.5 Å². The molecule has 0 unspecified atom stereocenters. The maximum Gasteiger partial charge on any atom is 0.275 e. The number of thiazole rings is 1. The number of fused-ring (bicyclic) bond motifs is 2. The molecule has 28 heavy (non-hydrogen) atoms. The van der Waals surface area contributed by atoms with Crippen molar-refractivity contribution < 1.29 is 13.9 Å². The van der Waals surface area contributed by atoms with Crippen LogP contribution in [0.15, 0.2) is 28.9 Å². The lowest BCUT2D eigenvalue weighted by molar-refractivity contribution is 0.0565. The van der Waals surface area contributed by atoms with Crippen LogP contribution in [0.4, 0.5) is 0 Å². The second-order valence-corrected chi connectivity index (χ2v) is 8.60. The maximum atomic E-state index is 12.8. The van der Waals surface area contributed by atoms with Crippen LogP contribution >= 0.6 is 11.3 Å². The molecule has 2 aliphatic rings. The average molecular weight is 398 g/mol. The van der Waals surface area contributed by atoms with Crippen molar-refractivity contribution in [2.45, 2.75) is 32.4 Å². The van der Waals surface area contributed by atoms with Crippen molar-refractivity contribution in [1.82, 2.24) is 19.8 Å². The molecule has 2 aromatic heterocycles. The van der Waals surface area contributed by atoms with E-state index in [1.54, 1.807) is 11.3 Å². The molecular formula is C20H22N4O3S. The Morgan fingerprint density at radius 3 is 3.18 bits per heavy atom. The predicted octanol–water partition coefficient (Wildman–Crippen LogP) is 3.09. The van der Waals surface area contributed by atoms with Gasteiger partial charge in [0.05, 0.1) is 15.2 Å². The van der Waals surface area contributed by atoms with Gasteiger partial charge in [-0.2, -0.15) is 0 Å². The molecular weight excluding hydrogens is 376 g/mol. The smallest absolute Gasteiger partial charge is 0.275 e. The first-order valence-electron chi connectivity index (χ1n) is 9.63. The molecule has 0 bridgehead atoms. The lowest BCUT2D eigenvalue weighted by Gasteiger charge is -2.37. The van der Waals surface area contributed by atoms with Crippen LogP contribution in [-0.2, 0) is 6.61 Å². The third kappa shape index (κ3) is 3.38. The average Bonchev–Trinajstić information content (AvgIpc) is 3.43. The highest BCUT2D eigenvalue weighted by molar-refractivity contribution is 7.18. The van der Waals surface area contributed by atoms with Gasteiger partial charge in [-0.25, -0.2) is 9.97 Å². The SMILES string of the molecule is Cc1nc2cc(OCc3nc(C(=O)N4CCN5CCC[C@H]5C4)co3)ccc2s1. The quantitative estimate of drug-likeness (QED) is 0.673. The minimum atomic E-state index is -0.0547. The van der Waals surface area contributed by atoms with Gasteiger partial charge in [0.1, 0.15) is 12.0 Å². The predicted molar refractivity (Wildman–Crippen MR) is 106 cm³/mol. The number of ether oxygens (including phenoxy) is 1. The number of oxazole rings is 1. The zero-order chi connectivity index (χ0) is 19.1. The molecule has 5 rings (SSSR count). The lowest BCUT2D eigenvalue weighted by atomic mass is 10.1. The van der Waals surface area contributed by atoms with Crippen molar-refractivity contribution in [3.63, 3.8) is 0 Å². The van der Waals surface area contributed by atoms with E-state index in [1.165, 1.54) is 19.1 Å². The molecule has 0 aliphatic carbocycles. The van der Waals surface area contributed by atoms with Gasteiger partial charge in [0.25, 0.3) is 5.91 Å². The molecule has 4 heterocycles. The van der Waals surface area contributed by atoms with Gasteiger partial charge in [0.15, 0.2) is 12.3 Å². The van der Waals surface area contributed by atoms with Gasteiger partial charge in [-0.3, -0.25) is 9.69 Å². The highest BCUT2D eigenvalue weighted by Crippen LogP contribution is 2.26. The summed E-state index contributed by atoms with van der Waals surface area (Å²) < 4.78 is 12.4. The summed E-state index contributed by atoms with van der Waals surface area (Å²) in [6.07, 6.45) is 3.84. The summed E-state index contributed by atoms with van der Waals surface area (Å²) in [5.41, 5.74) is 1.28. The van der Waals surface area contributed by atoms with E-state index in [0.29, 0.717) is 23.4 Å². The highest BCUT2D eigenvalue weighted by atomic mass is 32.1. The Morgan fingerprint density at radius 2 is 2.25 bits per heavy atom. The van der Waals surface area contributed by atoms with Crippen molar-refractivity contribution >= 4 is 27.5 Å². The van der Waals surface area contributed by atoms with Crippen molar-refractivity contribution in [3.05, 3.63) is 41.1 Å². The molecule has 146 valence electrons. The molecule has 8 heteroatoms. The summed E-state index contributed by atoms with van der Waals surface area (Å²) in [7, 11) is 0. The molecule has 0 radical (unpaired) electrons. The summed E-state index contributed by atoms with van der Waals surface area (Å²) in [6, 6.07) is 6.32. The van der Waals surface area contributed by atoms with Gasteiger partial charge in [-0.05, 0) is 38.4 Å². The molecule has 1 atom stereocenters. The third-order valence-electron chi connectivity index (χ3n) is 5.47. The molecule has 0 spiro atoms. The molecule has 0 N–H and O–H groups in total. The van der Waals surface area contributed by atoms with E-state index in [1.807, 2.05) is 30.0 Å². The van der Waals surface area contributed by atoms with Gasteiger partial charge in [0.2, 0.25) is 5.89 Å². The van der Waals surface area contributed by atoms with E-state index in [2.05, 4.69) is 14.9 Å². The third-order valence-corrected chi connectivity index (χ3v) is 6.43. The fourth-order valence-corrected chi connectivity index (χ4v) is 4.88. The Balaban J connectivity index is 1.22. The number of hydrogen-bond donors (Lipinski definition) is 0. The maximum absolute atomic E-state index is 12.8. The van der Waals surface area contributed by atoms with Crippen molar-refractivity contribution in [2.75, 3.05) is 26.2 Å². The molecule has 2 fully saturated rings. The molecule has 3 aromatic rings. The van der Waals surface area contributed by atoms with Gasteiger partial charge in [-0.1, -0.05) is 0 Å². The number of carbonyl (C=O) groups excluding carboxylic acids is 1. The van der Waals surface area contributed by atoms with Crippen LogP contribution < -0.4 is 4.74 Å². The number of benzene rings is 1. The first-order valence-corrected chi connectivity index (χ1v) is 10.4. The summed E-state index contributed by atoms with van der Waals surface area (Å²) >= 11 is 1.66. The van der Waals surface area contributed by atoms with Crippen LogP contribution in [0.1, 0.15) is 34.2 Å². The number of hydrogen-bond acceptors (Lipinski definition) is 7. The van der Waals surface area contributed by atoms with Crippen molar-refractivity contribution in [3.8, 4) is 5.75 Å². The van der Waals surface area contributed by atoms with Gasteiger partial charge < -0.3 is 14.1 Å². The minimum Gasteiger partial charge on any atom is -0.484 e. The normalized spacial score (nSPS) is 19.9. The van der Waals surface area contributed by atoms with E-state index in [4.69, 9.17) is 9.15 Å². The van der Waals surface area contributed by atoms with Crippen LogP contribution in [0.2, 0.25) is 0 Å². The second kappa shape index (κ2) is 7.18. The Bertz CT molecular complexity index is 1010. The molecule has 7 nitrogen and oxygen atoms in total. The molecule has 1 amide bonds. The number of aromatic nitrogens is 2. The summed E-state index contributed by atoms with van der Waals surface area (Å²) in [5, 5.41) is 1.03. The van der Waals surface area contributed by atoms with E-state index in [9.17, 15) is 4.79 Å². The zero-order valence-electron chi connectivity index (χ0n) is 15.8. The molecule has 0 saturated carbocycles. The number of rotatable bonds is 4. The topological polar surface area (TPSA) is 71.7 Å². The minimum absolute atomic E-state index is 0.0547. The molecule has 2 aliphatic heterocycles. The Morgan fingerprint density at radius 1 is 1.32 bits per heavy atom. The second-order valence-electron chi connectivity index (χ2n) is 7.36. The number of aryl methyl sites for hydroxylation is 1. The van der Waals surface area contributed by atoms with Crippen LogP contribution in [0.25, 0.3) is 10.2 Å². The van der Waals surface area contributed by atoms with Crippen LogP contribution in [-0.4, -0.2) is 57.9 Å². The molecule has 1 aromatic carbocycles. The largest absolute Gasteiger partial charge is 0.484 e. The highest BCUT2D eigenvalue weighted by Gasteiger charge is 2.33. The zero-order valence-corrected chi connectivity index (χ0v) is 16.6. The molecule has 2 saturated heterocycles. The standard InChI is InChI=1S/C20H22N4O3S/c1-13-21-16-9-15(4-5-18(16)28-13)26-12-19-22-17(11-27-19)20(25)24-8-7-23-6-2-3-14(23)10-24/h4-5,9,11,14H,2-3,6-8,10,12H2,1H3/t14-/m0/s1. The van der Waals surface area contributed by atoms with Crippen LogP contribution in [0.5, 0.6) is 5.75 Å². The van der Waals surface area contributed by atoms with Gasteiger partial charge >= 0.3 is 0 Å². The Hall–Kier alpha value is -2.45. The fraction of sp³-hybridized carbons (Fsp3) is 0.450. The van der Waals surface area contributed by atoms with E-state index in [0.717, 1.165) is 41.4 Å². The Labute approximate surface area is 166 Å². The van der Waals surface area contributed by atoms with E-state index < -0.39 is 0 Å². The number of nitrogens with zero attached hydrogens (tertiary/aromatic N) is 4. The van der Waals surface area contributed by atoms with Crippen molar-refractivity contribution in [1.29, 1.82) is 0 Å². The first kappa shape index (κ1) is 17.6. The number of carbonyl (C=O) groups is 1. The first-order chi connectivity index (χ1) is 13.7. The van der Waals surface area contributed by atoms with Crippen molar-refractivity contribution in [2.24, 2.45) is 0 Å². The lowest BCUT2D eigenvalue weighted by Crippen LogP contribution is -2.52. The van der Waals surface area contributed by atoms with Crippen LogP contribution in [0.3, 0.4) is 0 Å². The van der Waals surface area contributed by atoms with E-state index >= 15 is 0 Å². The number of piperazine rings is 1. The fourth-order valence-electron chi connectivity index (χ4n) is 4.07. The van der Waals surface area contributed by atoms with Gasteiger partial charge in [0, 0.05) is 31.7 Å². The monoisotopic (exact) mass is 398 g/mol. The summed E-state index contributed by atoms with van der Waals surface area (Å²) in [4.78, 5) is 26.0. The summed E-state index contributed by atoms with van der Waals surface area (Å²) in [5.74, 6) is 1.06. The van der Waals surface area contributed by atoms with Crippen LogP contribution in [0, 0.1) is 6.92 Å². The number of amides is 1. The Kier molecular flexibility index (Phi) is 4.52. The summed E-state index contributed by atoms with van der Waals surface area (Å²) in [6.45, 7) is 5.81.